The molecular formula is C15H18F3NO2. The van der Waals surface area contributed by atoms with E-state index in [1.807, 2.05) is 19.0 Å². The van der Waals surface area contributed by atoms with E-state index in [2.05, 4.69) is 4.74 Å². The van der Waals surface area contributed by atoms with Gasteiger partial charge in [-0.15, -0.1) is 13.2 Å². The Balaban J connectivity index is 2.29. The number of carbonyl (C=O) groups is 1. The van der Waals surface area contributed by atoms with Crippen LogP contribution in [-0.4, -0.2) is 36.7 Å². The zero-order valence-corrected chi connectivity index (χ0v) is 12.0. The minimum Gasteiger partial charge on any atom is -0.406 e. The van der Waals surface area contributed by atoms with Crippen LogP contribution in [0.3, 0.4) is 0 Å². The second kappa shape index (κ2) is 5.67. The highest BCUT2D eigenvalue weighted by Gasteiger charge is 2.43. The number of ether oxygens (including phenoxy) is 1. The van der Waals surface area contributed by atoms with Crippen molar-refractivity contribution in [3.8, 4) is 5.75 Å². The van der Waals surface area contributed by atoms with E-state index >= 15 is 0 Å². The van der Waals surface area contributed by atoms with Gasteiger partial charge in [-0.25, -0.2) is 0 Å². The minimum atomic E-state index is -4.76. The van der Waals surface area contributed by atoms with Gasteiger partial charge < -0.3 is 4.74 Å². The number of hydrogen-bond acceptors (Lipinski definition) is 3. The number of halogens is 3. The highest BCUT2D eigenvalue weighted by atomic mass is 19.4. The lowest BCUT2D eigenvalue weighted by Gasteiger charge is -2.34. The van der Waals surface area contributed by atoms with E-state index in [9.17, 15) is 18.0 Å². The zero-order valence-electron chi connectivity index (χ0n) is 12.0. The van der Waals surface area contributed by atoms with Crippen molar-refractivity contribution in [2.24, 2.45) is 0 Å². The van der Waals surface area contributed by atoms with E-state index in [-0.39, 0.29) is 17.1 Å². The van der Waals surface area contributed by atoms with Gasteiger partial charge in [0.15, 0.2) is 5.78 Å². The maximum atomic E-state index is 12.7. The molecule has 1 aromatic rings. The van der Waals surface area contributed by atoms with E-state index in [4.69, 9.17) is 0 Å². The van der Waals surface area contributed by atoms with Gasteiger partial charge in [-0.05, 0) is 39.1 Å². The maximum absolute atomic E-state index is 12.7. The predicted octanol–water partition coefficient (Wildman–Crippen LogP) is 3.64. The molecule has 1 saturated carbocycles. The highest BCUT2D eigenvalue weighted by Crippen LogP contribution is 2.37. The summed E-state index contributed by atoms with van der Waals surface area (Å²) >= 11 is 0. The van der Waals surface area contributed by atoms with Crippen molar-refractivity contribution in [1.82, 2.24) is 4.90 Å². The third kappa shape index (κ3) is 3.37. The molecule has 0 aliphatic heterocycles. The number of nitrogens with zero attached hydrogens (tertiary/aromatic N) is 1. The first-order valence-electron chi connectivity index (χ1n) is 6.83. The predicted molar refractivity (Wildman–Crippen MR) is 72.3 cm³/mol. The van der Waals surface area contributed by atoms with E-state index in [1.165, 1.54) is 24.3 Å². The van der Waals surface area contributed by atoms with Crippen molar-refractivity contribution >= 4 is 5.78 Å². The Labute approximate surface area is 121 Å². The number of carbonyl (C=O) groups excluding carboxylic acids is 1. The molecule has 0 amide bonds. The number of ketones is 1. The summed E-state index contributed by atoms with van der Waals surface area (Å²) in [6, 6.07) is 5.31. The molecule has 116 valence electrons. The van der Waals surface area contributed by atoms with Gasteiger partial charge in [0.25, 0.3) is 0 Å². The lowest BCUT2D eigenvalue weighted by molar-refractivity contribution is -0.274. The van der Waals surface area contributed by atoms with E-state index in [0.717, 1.165) is 25.7 Å². The summed E-state index contributed by atoms with van der Waals surface area (Å²) in [5.74, 6) is -0.502. The monoisotopic (exact) mass is 301 g/mol. The fourth-order valence-corrected chi connectivity index (χ4v) is 2.94. The number of benzene rings is 1. The molecule has 0 spiro atoms. The largest absolute Gasteiger partial charge is 0.573 e. The smallest absolute Gasteiger partial charge is 0.406 e. The number of likely N-dealkylation sites (N-methyl/N-ethyl adjacent to an activating group) is 1. The molecule has 0 unspecified atom stereocenters. The topological polar surface area (TPSA) is 29.5 Å². The summed E-state index contributed by atoms with van der Waals surface area (Å²) < 4.78 is 40.7. The maximum Gasteiger partial charge on any atom is 0.573 e. The van der Waals surface area contributed by atoms with Gasteiger partial charge in [0.05, 0.1) is 5.54 Å². The van der Waals surface area contributed by atoms with Crippen LogP contribution in [0.15, 0.2) is 24.3 Å². The van der Waals surface area contributed by atoms with Gasteiger partial charge in [-0.2, -0.15) is 0 Å². The van der Waals surface area contributed by atoms with Crippen LogP contribution in [0.5, 0.6) is 5.75 Å². The Morgan fingerprint density at radius 1 is 1.24 bits per heavy atom. The quantitative estimate of drug-likeness (QED) is 0.795. The van der Waals surface area contributed by atoms with Crippen LogP contribution in [0.1, 0.15) is 36.0 Å². The summed E-state index contributed by atoms with van der Waals surface area (Å²) in [5.41, 5.74) is -0.357. The first-order chi connectivity index (χ1) is 9.74. The van der Waals surface area contributed by atoms with Gasteiger partial charge in [-0.1, -0.05) is 25.0 Å². The SMILES string of the molecule is CN(C)C1(C(=O)c2cccc(OC(F)(F)F)c2)CCCC1. The fourth-order valence-electron chi connectivity index (χ4n) is 2.94. The second-order valence-corrected chi connectivity index (χ2v) is 5.54. The normalized spacial score (nSPS) is 18.0. The molecule has 1 aromatic carbocycles. The van der Waals surface area contributed by atoms with Crippen LogP contribution in [0, 0.1) is 0 Å². The standard InChI is InChI=1S/C15H18F3NO2/c1-19(2)14(8-3-4-9-14)13(20)11-6-5-7-12(10-11)21-15(16,17)18/h5-7,10H,3-4,8-9H2,1-2H3. The Kier molecular flexibility index (Phi) is 4.27. The van der Waals surface area contributed by atoms with Crippen LogP contribution in [0.25, 0.3) is 0 Å². The summed E-state index contributed by atoms with van der Waals surface area (Å²) in [7, 11) is 3.67. The molecule has 0 heterocycles. The molecule has 3 nitrogen and oxygen atoms in total. The van der Waals surface area contributed by atoms with Crippen LogP contribution < -0.4 is 4.74 Å². The second-order valence-electron chi connectivity index (χ2n) is 5.54. The molecule has 1 aliphatic carbocycles. The van der Waals surface area contributed by atoms with Crippen LogP contribution >= 0.6 is 0 Å². The Morgan fingerprint density at radius 2 is 1.86 bits per heavy atom. The number of alkyl halides is 3. The Bertz CT molecular complexity index is 520. The number of rotatable bonds is 4. The molecule has 0 aromatic heterocycles. The van der Waals surface area contributed by atoms with Crippen molar-refractivity contribution in [2.75, 3.05) is 14.1 Å². The molecule has 21 heavy (non-hydrogen) atoms. The number of Topliss-reactive ketones (excluding diaryl/α,β-unsaturated/α-hetero) is 1. The molecule has 0 saturated heterocycles. The summed E-state index contributed by atoms with van der Waals surface area (Å²) in [5, 5.41) is 0. The van der Waals surface area contributed by atoms with Gasteiger partial charge in [-0.3, -0.25) is 9.69 Å². The van der Waals surface area contributed by atoms with Gasteiger partial charge in [0, 0.05) is 5.56 Å². The van der Waals surface area contributed by atoms with Crippen molar-refractivity contribution in [3.63, 3.8) is 0 Å². The molecular weight excluding hydrogens is 283 g/mol. The van der Waals surface area contributed by atoms with Crippen molar-refractivity contribution in [2.45, 2.75) is 37.6 Å². The molecule has 1 aliphatic rings. The first-order valence-corrected chi connectivity index (χ1v) is 6.83. The van der Waals surface area contributed by atoms with Crippen molar-refractivity contribution in [1.29, 1.82) is 0 Å². The number of hydrogen-bond donors (Lipinski definition) is 0. The van der Waals surface area contributed by atoms with Gasteiger partial charge in [0.1, 0.15) is 5.75 Å². The molecule has 2 rings (SSSR count). The van der Waals surface area contributed by atoms with Crippen LogP contribution in [0.4, 0.5) is 13.2 Å². The molecule has 0 atom stereocenters. The minimum absolute atomic E-state index is 0.141. The van der Waals surface area contributed by atoms with Crippen molar-refractivity contribution < 1.29 is 22.7 Å². The average molecular weight is 301 g/mol. The molecule has 0 bridgehead atoms. The van der Waals surface area contributed by atoms with Crippen LogP contribution in [0.2, 0.25) is 0 Å². The lowest BCUT2D eigenvalue weighted by Crippen LogP contribution is -2.48. The molecule has 0 radical (unpaired) electrons. The Hall–Kier alpha value is -1.56. The summed E-state index contributed by atoms with van der Waals surface area (Å²) in [6.07, 6.45) is -1.41. The summed E-state index contributed by atoms with van der Waals surface area (Å²) in [4.78, 5) is 14.6. The molecule has 6 heteroatoms. The van der Waals surface area contributed by atoms with Gasteiger partial charge >= 0.3 is 6.36 Å². The summed E-state index contributed by atoms with van der Waals surface area (Å²) in [6.45, 7) is 0. The lowest BCUT2D eigenvalue weighted by atomic mass is 9.86. The highest BCUT2D eigenvalue weighted by molar-refractivity contribution is 6.03. The van der Waals surface area contributed by atoms with Crippen LogP contribution in [-0.2, 0) is 0 Å². The van der Waals surface area contributed by atoms with Crippen molar-refractivity contribution in [3.05, 3.63) is 29.8 Å². The molecule has 1 fully saturated rings. The Morgan fingerprint density at radius 3 is 2.38 bits per heavy atom. The third-order valence-electron chi connectivity index (χ3n) is 4.04. The first kappa shape index (κ1) is 15.8. The molecule has 0 N–H and O–H groups in total. The van der Waals surface area contributed by atoms with E-state index in [0.29, 0.717) is 0 Å². The average Bonchev–Trinajstić information content (AvgIpc) is 2.86. The zero-order chi connectivity index (χ0) is 15.7. The fraction of sp³-hybridized carbons (Fsp3) is 0.533. The van der Waals surface area contributed by atoms with E-state index in [1.54, 1.807) is 0 Å². The third-order valence-corrected chi connectivity index (χ3v) is 4.04. The van der Waals surface area contributed by atoms with Gasteiger partial charge in [0.2, 0.25) is 0 Å². The van der Waals surface area contributed by atoms with E-state index < -0.39 is 11.9 Å².